The van der Waals surface area contributed by atoms with Crippen LogP contribution in [0.3, 0.4) is 0 Å². The van der Waals surface area contributed by atoms with Crippen LogP contribution in [-0.4, -0.2) is 11.8 Å². The van der Waals surface area contributed by atoms with Gasteiger partial charge in [0.25, 0.3) is 0 Å². The summed E-state index contributed by atoms with van der Waals surface area (Å²) in [6.07, 6.45) is 0.178. The number of benzene rings is 1. The van der Waals surface area contributed by atoms with Gasteiger partial charge >= 0.3 is 0 Å². The van der Waals surface area contributed by atoms with Crippen LogP contribution in [0.2, 0.25) is 0 Å². The Bertz CT molecular complexity index is 491. The van der Waals surface area contributed by atoms with E-state index in [1.54, 1.807) is 31.2 Å². The number of rotatable bonds is 4. The van der Waals surface area contributed by atoms with Crippen LogP contribution < -0.4 is 10.6 Å². The summed E-state index contributed by atoms with van der Waals surface area (Å²) in [6.45, 7) is 3.11. The molecule has 0 saturated carbocycles. The van der Waals surface area contributed by atoms with Crippen LogP contribution in [0.1, 0.15) is 20.3 Å². The van der Waals surface area contributed by atoms with Crippen LogP contribution in [-0.2, 0) is 9.59 Å². The Hall–Kier alpha value is -2.35. The molecule has 0 aliphatic rings. The minimum absolute atomic E-state index is 0.170. The van der Waals surface area contributed by atoms with Crippen molar-refractivity contribution in [3.8, 4) is 6.07 Å². The predicted octanol–water partition coefficient (Wildman–Crippen LogP) is 2.13. The molecule has 0 aliphatic carbocycles. The van der Waals surface area contributed by atoms with Crippen molar-refractivity contribution in [3.05, 3.63) is 24.3 Å². The maximum atomic E-state index is 11.7. The number of nitriles is 1. The highest BCUT2D eigenvalue weighted by Gasteiger charge is 2.12. The molecule has 5 nitrogen and oxygen atoms in total. The minimum atomic E-state index is -0.362. The lowest BCUT2D eigenvalue weighted by atomic mass is 10.1. The molecule has 1 atom stereocenters. The van der Waals surface area contributed by atoms with Crippen LogP contribution in [0.15, 0.2) is 24.3 Å². The van der Waals surface area contributed by atoms with Gasteiger partial charge in [0.05, 0.1) is 6.07 Å². The number of amides is 2. The standard InChI is InChI=1S/C13H15N3O2/c1-9(6-7-14)13(18)16-12-5-3-4-11(8-12)15-10(2)17/h3-5,8-9H,6H2,1-2H3,(H,15,17)(H,16,18). The van der Waals surface area contributed by atoms with E-state index in [4.69, 9.17) is 5.26 Å². The molecule has 0 heterocycles. The fourth-order valence-electron chi connectivity index (χ4n) is 1.37. The number of carbonyl (C=O) groups is 2. The number of nitrogens with zero attached hydrogens (tertiary/aromatic N) is 1. The molecule has 0 aromatic heterocycles. The van der Waals surface area contributed by atoms with Gasteiger partial charge in [0.15, 0.2) is 0 Å². The predicted molar refractivity (Wildman–Crippen MR) is 68.8 cm³/mol. The van der Waals surface area contributed by atoms with Crippen LogP contribution in [0.25, 0.3) is 0 Å². The van der Waals surface area contributed by atoms with E-state index < -0.39 is 0 Å². The Morgan fingerprint density at radius 1 is 1.33 bits per heavy atom. The maximum absolute atomic E-state index is 11.7. The lowest BCUT2D eigenvalue weighted by Crippen LogP contribution is -2.20. The smallest absolute Gasteiger partial charge is 0.228 e. The van der Waals surface area contributed by atoms with Gasteiger partial charge in [-0.15, -0.1) is 0 Å². The van der Waals surface area contributed by atoms with E-state index in [9.17, 15) is 9.59 Å². The molecule has 0 bridgehead atoms. The SMILES string of the molecule is CC(=O)Nc1cccc(NC(=O)C(C)CC#N)c1. The van der Waals surface area contributed by atoms with Crippen molar-refractivity contribution >= 4 is 23.2 Å². The van der Waals surface area contributed by atoms with Gasteiger partial charge in [0.1, 0.15) is 0 Å². The lowest BCUT2D eigenvalue weighted by Gasteiger charge is -2.10. The normalized spacial score (nSPS) is 11.2. The average molecular weight is 245 g/mol. The Morgan fingerprint density at radius 2 is 1.94 bits per heavy atom. The second kappa shape index (κ2) is 6.40. The van der Waals surface area contributed by atoms with Gasteiger partial charge in [-0.05, 0) is 18.2 Å². The highest BCUT2D eigenvalue weighted by molar-refractivity contribution is 5.94. The topological polar surface area (TPSA) is 82.0 Å². The van der Waals surface area contributed by atoms with Crippen LogP contribution in [0.4, 0.5) is 11.4 Å². The van der Waals surface area contributed by atoms with Gasteiger partial charge in [-0.1, -0.05) is 13.0 Å². The van der Waals surface area contributed by atoms with Gasteiger partial charge in [0, 0.05) is 30.6 Å². The fourth-order valence-corrected chi connectivity index (χ4v) is 1.37. The van der Waals surface area contributed by atoms with Gasteiger partial charge in [-0.3, -0.25) is 9.59 Å². The maximum Gasteiger partial charge on any atom is 0.228 e. The van der Waals surface area contributed by atoms with E-state index in [-0.39, 0.29) is 24.2 Å². The molecule has 1 rings (SSSR count). The number of hydrogen-bond acceptors (Lipinski definition) is 3. The number of nitrogens with one attached hydrogen (secondary N) is 2. The van der Waals surface area contributed by atoms with Crippen molar-refractivity contribution in [3.63, 3.8) is 0 Å². The molecule has 1 aromatic rings. The van der Waals surface area contributed by atoms with Gasteiger partial charge < -0.3 is 10.6 Å². The van der Waals surface area contributed by atoms with Gasteiger partial charge in [-0.25, -0.2) is 0 Å². The third kappa shape index (κ3) is 4.26. The summed E-state index contributed by atoms with van der Waals surface area (Å²) in [6, 6.07) is 8.81. The first-order valence-electron chi connectivity index (χ1n) is 5.58. The van der Waals surface area contributed by atoms with E-state index in [0.29, 0.717) is 11.4 Å². The zero-order chi connectivity index (χ0) is 13.5. The number of hydrogen-bond donors (Lipinski definition) is 2. The minimum Gasteiger partial charge on any atom is -0.326 e. The molecule has 2 amide bonds. The van der Waals surface area contributed by atoms with E-state index >= 15 is 0 Å². The third-order valence-electron chi connectivity index (χ3n) is 2.30. The molecule has 1 aromatic carbocycles. The summed E-state index contributed by atoms with van der Waals surface area (Å²) >= 11 is 0. The van der Waals surface area contributed by atoms with E-state index in [2.05, 4.69) is 10.6 Å². The van der Waals surface area contributed by atoms with E-state index in [0.717, 1.165) is 0 Å². The Morgan fingerprint density at radius 3 is 2.50 bits per heavy atom. The molecule has 18 heavy (non-hydrogen) atoms. The summed E-state index contributed by atoms with van der Waals surface area (Å²) in [5, 5.41) is 13.8. The third-order valence-corrected chi connectivity index (χ3v) is 2.30. The van der Waals surface area contributed by atoms with Gasteiger partial charge in [0.2, 0.25) is 11.8 Å². The molecule has 0 radical (unpaired) electrons. The van der Waals surface area contributed by atoms with Crippen molar-refractivity contribution in [2.75, 3.05) is 10.6 Å². The van der Waals surface area contributed by atoms with Crippen molar-refractivity contribution in [1.82, 2.24) is 0 Å². The molecule has 2 N–H and O–H groups in total. The summed E-state index contributed by atoms with van der Waals surface area (Å²) in [7, 11) is 0. The summed E-state index contributed by atoms with van der Waals surface area (Å²) in [4.78, 5) is 22.6. The van der Waals surface area contributed by atoms with Crippen molar-refractivity contribution in [2.24, 2.45) is 5.92 Å². The number of anilines is 2. The molecule has 0 saturated heterocycles. The Kier molecular flexibility index (Phi) is 4.88. The second-order valence-electron chi connectivity index (χ2n) is 4.01. The van der Waals surface area contributed by atoms with Gasteiger partial charge in [-0.2, -0.15) is 5.26 Å². The second-order valence-corrected chi connectivity index (χ2v) is 4.01. The summed E-state index contributed by atoms with van der Waals surface area (Å²) in [5.41, 5.74) is 1.21. The van der Waals surface area contributed by atoms with Crippen molar-refractivity contribution in [1.29, 1.82) is 5.26 Å². The molecule has 5 heteroatoms. The first kappa shape index (κ1) is 13.7. The molecule has 0 aliphatic heterocycles. The first-order valence-corrected chi connectivity index (χ1v) is 5.58. The monoisotopic (exact) mass is 245 g/mol. The molecule has 1 unspecified atom stereocenters. The van der Waals surface area contributed by atoms with Crippen LogP contribution in [0.5, 0.6) is 0 Å². The van der Waals surface area contributed by atoms with Crippen molar-refractivity contribution in [2.45, 2.75) is 20.3 Å². The number of carbonyl (C=O) groups excluding carboxylic acids is 2. The first-order chi connectivity index (χ1) is 8.52. The zero-order valence-electron chi connectivity index (χ0n) is 10.4. The summed E-state index contributed by atoms with van der Waals surface area (Å²) in [5.74, 6) is -0.743. The van der Waals surface area contributed by atoms with E-state index in [1.807, 2.05) is 6.07 Å². The molecular weight excluding hydrogens is 230 g/mol. The quantitative estimate of drug-likeness (QED) is 0.852. The fraction of sp³-hybridized carbons (Fsp3) is 0.308. The van der Waals surface area contributed by atoms with Crippen molar-refractivity contribution < 1.29 is 9.59 Å². The average Bonchev–Trinajstić information content (AvgIpc) is 2.28. The largest absolute Gasteiger partial charge is 0.326 e. The Balaban J connectivity index is 2.70. The molecular formula is C13H15N3O2. The molecule has 94 valence electrons. The summed E-state index contributed by atoms with van der Waals surface area (Å²) < 4.78 is 0. The van der Waals surface area contributed by atoms with Crippen LogP contribution in [0, 0.1) is 17.2 Å². The highest BCUT2D eigenvalue weighted by atomic mass is 16.2. The van der Waals surface area contributed by atoms with Crippen LogP contribution >= 0.6 is 0 Å². The Labute approximate surface area is 106 Å². The van der Waals surface area contributed by atoms with E-state index in [1.165, 1.54) is 6.92 Å². The zero-order valence-corrected chi connectivity index (χ0v) is 10.4. The molecule has 0 fully saturated rings. The highest BCUT2D eigenvalue weighted by Crippen LogP contribution is 2.16. The lowest BCUT2D eigenvalue weighted by molar-refractivity contribution is -0.119. The molecule has 0 spiro atoms.